The summed E-state index contributed by atoms with van der Waals surface area (Å²) in [6, 6.07) is 0. The fourth-order valence-electron chi connectivity index (χ4n) is 0.597. The Kier molecular flexibility index (Phi) is 8.37. The molecule has 0 aromatic carbocycles. The summed E-state index contributed by atoms with van der Waals surface area (Å²) in [5.74, 6) is 0. The first-order valence-corrected chi connectivity index (χ1v) is 4.50. The lowest BCUT2D eigenvalue weighted by Gasteiger charge is -2.04. The molecule has 0 radical (unpaired) electrons. The third-order valence-corrected chi connectivity index (χ3v) is 1.24. The predicted octanol–water partition coefficient (Wildman–Crippen LogP) is 1.59. The molecule has 0 aromatic rings. The average molecular weight is 174 g/mol. The Labute approximate surface area is 71.6 Å². The second-order valence-electron chi connectivity index (χ2n) is 2.29. The molecule has 0 rings (SSSR count). The lowest BCUT2D eigenvalue weighted by molar-refractivity contribution is 0.144. The maximum atomic E-state index is 5.28. The van der Waals surface area contributed by atoms with Crippen LogP contribution in [-0.4, -0.2) is 26.5 Å². The molecule has 2 nitrogen and oxygen atoms in total. The van der Waals surface area contributed by atoms with Gasteiger partial charge in [-0.25, -0.2) is 0 Å². The SMILES string of the molecule is C=CCOCCCOB(C)P. The van der Waals surface area contributed by atoms with Crippen LogP contribution in [0.1, 0.15) is 6.42 Å². The Hall–Kier alpha value is 0.155. The summed E-state index contributed by atoms with van der Waals surface area (Å²) in [5.41, 5.74) is 0. The van der Waals surface area contributed by atoms with Gasteiger partial charge in [0.1, 0.15) is 0 Å². The zero-order valence-electron chi connectivity index (χ0n) is 7.08. The Balaban J connectivity index is 2.85. The molecule has 11 heavy (non-hydrogen) atoms. The van der Waals surface area contributed by atoms with Crippen molar-refractivity contribution >= 4 is 15.8 Å². The summed E-state index contributed by atoms with van der Waals surface area (Å²) in [5, 5.41) is 0. The molecule has 64 valence electrons. The van der Waals surface area contributed by atoms with E-state index in [4.69, 9.17) is 9.39 Å². The Morgan fingerprint density at radius 3 is 2.82 bits per heavy atom. The summed E-state index contributed by atoms with van der Waals surface area (Å²) in [6.07, 6.45) is 2.70. The fraction of sp³-hybridized carbons (Fsp3) is 0.714. The smallest absolute Gasteiger partial charge is 0.311 e. The third kappa shape index (κ3) is 10.2. The van der Waals surface area contributed by atoms with Crippen LogP contribution < -0.4 is 0 Å². The summed E-state index contributed by atoms with van der Waals surface area (Å²) in [7, 11) is 2.59. The molecule has 0 aliphatic heterocycles. The molecule has 0 heterocycles. The van der Waals surface area contributed by atoms with Crippen molar-refractivity contribution in [2.75, 3.05) is 19.8 Å². The Morgan fingerprint density at radius 1 is 1.55 bits per heavy atom. The van der Waals surface area contributed by atoms with Gasteiger partial charge in [0.05, 0.1) is 6.61 Å². The van der Waals surface area contributed by atoms with Crippen LogP contribution in [0.4, 0.5) is 0 Å². The van der Waals surface area contributed by atoms with E-state index < -0.39 is 0 Å². The molecule has 4 heteroatoms. The molecular weight excluding hydrogens is 158 g/mol. The van der Waals surface area contributed by atoms with Gasteiger partial charge in [-0.05, 0) is 6.42 Å². The lowest BCUT2D eigenvalue weighted by Crippen LogP contribution is -2.07. The van der Waals surface area contributed by atoms with Crippen molar-refractivity contribution in [2.45, 2.75) is 13.2 Å². The van der Waals surface area contributed by atoms with E-state index in [1.807, 2.05) is 6.82 Å². The Bertz CT molecular complexity index is 98.4. The molecule has 0 saturated carbocycles. The van der Waals surface area contributed by atoms with Crippen molar-refractivity contribution < 1.29 is 9.39 Å². The number of rotatable bonds is 7. The van der Waals surface area contributed by atoms with Gasteiger partial charge >= 0.3 is 6.64 Å². The minimum absolute atomic E-state index is 0.245. The number of hydrogen-bond acceptors (Lipinski definition) is 2. The zero-order chi connectivity index (χ0) is 8.53. The number of hydrogen-bond donors (Lipinski definition) is 0. The highest BCUT2D eigenvalue weighted by Gasteiger charge is 1.97. The van der Waals surface area contributed by atoms with E-state index in [1.165, 1.54) is 0 Å². The molecule has 0 fully saturated rings. The van der Waals surface area contributed by atoms with Crippen molar-refractivity contribution in [3.63, 3.8) is 0 Å². The van der Waals surface area contributed by atoms with Crippen molar-refractivity contribution in [3.8, 4) is 0 Å². The number of ether oxygens (including phenoxy) is 1. The van der Waals surface area contributed by atoms with Crippen LogP contribution in [0.15, 0.2) is 12.7 Å². The largest absolute Gasteiger partial charge is 0.432 e. The second-order valence-corrected chi connectivity index (χ2v) is 3.23. The van der Waals surface area contributed by atoms with Crippen LogP contribution in [-0.2, 0) is 9.39 Å². The van der Waals surface area contributed by atoms with Crippen LogP contribution in [0.2, 0.25) is 6.82 Å². The van der Waals surface area contributed by atoms with Crippen LogP contribution in [0.25, 0.3) is 0 Å². The van der Waals surface area contributed by atoms with Crippen molar-refractivity contribution in [1.29, 1.82) is 0 Å². The molecule has 0 bridgehead atoms. The van der Waals surface area contributed by atoms with Gasteiger partial charge in [0.15, 0.2) is 0 Å². The molecule has 0 saturated heterocycles. The molecule has 0 aliphatic carbocycles. The second kappa shape index (κ2) is 8.25. The van der Waals surface area contributed by atoms with E-state index >= 15 is 0 Å². The normalized spacial score (nSPS) is 9.64. The summed E-state index contributed by atoms with van der Waals surface area (Å²) in [4.78, 5) is 0. The van der Waals surface area contributed by atoms with Crippen LogP contribution in [0, 0.1) is 0 Å². The van der Waals surface area contributed by atoms with Gasteiger partial charge in [-0.3, -0.25) is 0 Å². The fourth-order valence-corrected chi connectivity index (χ4v) is 0.733. The van der Waals surface area contributed by atoms with Gasteiger partial charge in [-0.15, -0.1) is 15.7 Å². The van der Waals surface area contributed by atoms with Gasteiger partial charge in [0, 0.05) is 13.2 Å². The zero-order valence-corrected chi connectivity index (χ0v) is 8.24. The van der Waals surface area contributed by atoms with E-state index in [2.05, 4.69) is 15.7 Å². The first-order chi connectivity index (χ1) is 5.27. The first kappa shape index (κ1) is 11.2. The van der Waals surface area contributed by atoms with Gasteiger partial charge in [0.25, 0.3) is 0 Å². The quantitative estimate of drug-likeness (QED) is 0.252. The summed E-state index contributed by atoms with van der Waals surface area (Å²) in [6.45, 7) is 7.94. The van der Waals surface area contributed by atoms with Gasteiger partial charge in [-0.1, -0.05) is 12.9 Å². The van der Waals surface area contributed by atoms with E-state index in [-0.39, 0.29) is 6.64 Å². The van der Waals surface area contributed by atoms with Crippen molar-refractivity contribution in [1.82, 2.24) is 0 Å². The molecule has 0 aromatic heterocycles. The average Bonchev–Trinajstić information content (AvgIpc) is 1.96. The van der Waals surface area contributed by atoms with E-state index in [9.17, 15) is 0 Å². The van der Waals surface area contributed by atoms with Crippen LogP contribution >= 0.6 is 9.12 Å². The highest BCUT2D eigenvalue weighted by Crippen LogP contribution is 1.95. The monoisotopic (exact) mass is 174 g/mol. The summed E-state index contributed by atoms with van der Waals surface area (Å²) < 4.78 is 10.4. The maximum Gasteiger partial charge on any atom is 0.311 e. The molecule has 0 spiro atoms. The van der Waals surface area contributed by atoms with Gasteiger partial charge in [-0.2, -0.15) is 0 Å². The molecule has 0 aliphatic rings. The minimum atomic E-state index is 0.245. The molecule has 0 N–H and O–H groups in total. The maximum absolute atomic E-state index is 5.28. The Morgan fingerprint density at radius 2 is 2.27 bits per heavy atom. The standard InChI is InChI=1S/C7H16BO2P/c1-3-5-9-6-4-7-10-8(2)11/h3H,1,4-7,11H2,2H3. The van der Waals surface area contributed by atoms with Crippen LogP contribution in [0.3, 0.4) is 0 Å². The third-order valence-electron chi connectivity index (χ3n) is 1.05. The first-order valence-electron chi connectivity index (χ1n) is 3.83. The lowest BCUT2D eigenvalue weighted by atomic mass is 10.1. The summed E-state index contributed by atoms with van der Waals surface area (Å²) >= 11 is 0. The van der Waals surface area contributed by atoms with E-state index in [0.29, 0.717) is 6.61 Å². The topological polar surface area (TPSA) is 18.5 Å². The van der Waals surface area contributed by atoms with E-state index in [0.717, 1.165) is 19.6 Å². The van der Waals surface area contributed by atoms with Crippen molar-refractivity contribution in [2.24, 2.45) is 0 Å². The molecule has 1 unspecified atom stereocenters. The van der Waals surface area contributed by atoms with E-state index in [1.54, 1.807) is 6.08 Å². The molecule has 1 atom stereocenters. The molecule has 0 amide bonds. The van der Waals surface area contributed by atoms with Crippen molar-refractivity contribution in [3.05, 3.63) is 12.7 Å². The highest BCUT2D eigenvalue weighted by molar-refractivity contribution is 7.60. The van der Waals surface area contributed by atoms with Crippen LogP contribution in [0.5, 0.6) is 0 Å². The van der Waals surface area contributed by atoms with Gasteiger partial charge < -0.3 is 9.39 Å². The molecular formula is C7H16BO2P. The van der Waals surface area contributed by atoms with Gasteiger partial charge in [0.2, 0.25) is 0 Å². The predicted molar refractivity (Wildman–Crippen MR) is 52.9 cm³/mol. The highest BCUT2D eigenvalue weighted by atomic mass is 31.0. The minimum Gasteiger partial charge on any atom is -0.432 e.